The van der Waals surface area contributed by atoms with Gasteiger partial charge in [0.05, 0.1) is 24.4 Å². The van der Waals surface area contributed by atoms with Gasteiger partial charge >= 0.3 is 12.5 Å². The fourth-order valence-electron chi connectivity index (χ4n) is 1.45. The van der Waals surface area contributed by atoms with Crippen LogP contribution in [0.25, 0.3) is 10.9 Å². The Labute approximate surface area is 89.4 Å². The van der Waals surface area contributed by atoms with Crippen LogP contribution >= 0.6 is 0 Å². The second-order valence-electron chi connectivity index (χ2n) is 3.13. The monoisotopic (exact) mass is 226 g/mol. The molecule has 6 heteroatoms. The Balaban J connectivity index is 2.53. The summed E-state index contributed by atoms with van der Waals surface area (Å²) in [5.74, 6) is -0.508. The fourth-order valence-corrected chi connectivity index (χ4v) is 1.45. The van der Waals surface area contributed by atoms with Gasteiger partial charge in [0, 0.05) is 5.39 Å². The van der Waals surface area contributed by atoms with Gasteiger partial charge in [-0.15, -0.1) is 0 Å². The van der Waals surface area contributed by atoms with Gasteiger partial charge in [-0.3, -0.25) is 0 Å². The highest BCUT2D eigenvalue weighted by molar-refractivity contribution is 5.94. The van der Waals surface area contributed by atoms with Gasteiger partial charge in [-0.1, -0.05) is 0 Å². The topological polar surface area (TPSA) is 44.1 Å². The van der Waals surface area contributed by atoms with Crippen molar-refractivity contribution in [2.24, 2.45) is 0 Å². The summed E-state index contributed by atoms with van der Waals surface area (Å²) in [6.45, 7) is -2.69. The number of rotatable bonds is 2. The van der Waals surface area contributed by atoms with Crippen LogP contribution in [-0.2, 0) is 4.74 Å². The number of nitrogens with zero attached hydrogens (tertiary/aromatic N) is 2. The summed E-state index contributed by atoms with van der Waals surface area (Å²) in [5.41, 5.74) is 0.589. The van der Waals surface area contributed by atoms with E-state index in [4.69, 9.17) is 0 Å². The predicted molar refractivity (Wildman–Crippen MR) is 52.3 cm³/mol. The smallest absolute Gasteiger partial charge is 0.337 e. The first kappa shape index (κ1) is 10.5. The Morgan fingerprint density at radius 1 is 1.50 bits per heavy atom. The summed E-state index contributed by atoms with van der Waals surface area (Å²) in [6.07, 6.45) is 1.29. The number of aromatic nitrogens is 2. The first-order chi connectivity index (χ1) is 7.63. The van der Waals surface area contributed by atoms with Crippen LogP contribution in [-0.4, -0.2) is 22.9 Å². The molecule has 0 aliphatic carbocycles. The van der Waals surface area contributed by atoms with Crippen LogP contribution in [0.4, 0.5) is 8.78 Å². The fraction of sp³-hybridized carbons (Fsp3) is 0.200. The Hall–Kier alpha value is -1.98. The average Bonchev–Trinajstić information content (AvgIpc) is 2.70. The number of fused-ring (bicyclic) bond motifs is 1. The number of hydrogen-bond donors (Lipinski definition) is 0. The van der Waals surface area contributed by atoms with Crippen LogP contribution in [0.1, 0.15) is 16.9 Å². The van der Waals surface area contributed by atoms with Gasteiger partial charge in [0.15, 0.2) is 0 Å². The molecule has 0 unspecified atom stereocenters. The number of hydrogen-bond acceptors (Lipinski definition) is 3. The highest BCUT2D eigenvalue weighted by Crippen LogP contribution is 2.21. The van der Waals surface area contributed by atoms with Crippen molar-refractivity contribution >= 4 is 16.9 Å². The summed E-state index contributed by atoms with van der Waals surface area (Å²) in [4.78, 5) is 11.2. The largest absolute Gasteiger partial charge is 0.465 e. The van der Waals surface area contributed by atoms with Crippen LogP contribution in [0.3, 0.4) is 0 Å². The zero-order valence-electron chi connectivity index (χ0n) is 8.35. The Kier molecular flexibility index (Phi) is 2.55. The lowest BCUT2D eigenvalue weighted by molar-refractivity contribution is 0.0600. The second kappa shape index (κ2) is 3.88. The minimum atomic E-state index is -2.69. The van der Waals surface area contributed by atoms with Crippen LogP contribution in [0.5, 0.6) is 0 Å². The van der Waals surface area contributed by atoms with Crippen molar-refractivity contribution in [3.05, 3.63) is 30.0 Å². The van der Waals surface area contributed by atoms with E-state index < -0.39 is 12.5 Å². The molecular formula is C10H8F2N2O2. The van der Waals surface area contributed by atoms with Crippen LogP contribution in [0.2, 0.25) is 0 Å². The molecule has 0 aliphatic heterocycles. The van der Waals surface area contributed by atoms with E-state index >= 15 is 0 Å². The molecule has 2 rings (SSSR count). The van der Waals surface area contributed by atoms with Gasteiger partial charge in [0.25, 0.3) is 0 Å². The summed E-state index contributed by atoms with van der Waals surface area (Å²) >= 11 is 0. The lowest BCUT2D eigenvalue weighted by atomic mass is 10.1. The molecule has 0 fully saturated rings. The van der Waals surface area contributed by atoms with Gasteiger partial charge in [0.2, 0.25) is 0 Å². The van der Waals surface area contributed by atoms with E-state index in [1.165, 1.54) is 31.5 Å². The van der Waals surface area contributed by atoms with Gasteiger partial charge in [-0.25, -0.2) is 9.48 Å². The molecule has 16 heavy (non-hydrogen) atoms. The van der Waals surface area contributed by atoms with Gasteiger partial charge < -0.3 is 4.74 Å². The van der Waals surface area contributed by atoms with Crippen molar-refractivity contribution in [3.63, 3.8) is 0 Å². The number of methoxy groups -OCH3 is 1. The molecule has 0 atom stereocenters. The third-order valence-electron chi connectivity index (χ3n) is 2.20. The molecule has 84 valence electrons. The highest BCUT2D eigenvalue weighted by atomic mass is 19.3. The molecule has 0 N–H and O–H groups in total. The lowest BCUT2D eigenvalue weighted by Gasteiger charge is -2.02. The normalized spacial score (nSPS) is 11.0. The molecule has 4 nitrogen and oxygen atoms in total. The Bertz CT molecular complexity index is 537. The van der Waals surface area contributed by atoms with E-state index in [0.717, 1.165) is 0 Å². The van der Waals surface area contributed by atoms with Gasteiger partial charge in [0.1, 0.15) is 0 Å². The maximum Gasteiger partial charge on any atom is 0.337 e. The Morgan fingerprint density at radius 3 is 2.88 bits per heavy atom. The minimum Gasteiger partial charge on any atom is -0.465 e. The number of ether oxygens (including phenoxy) is 1. The summed E-state index contributed by atoms with van der Waals surface area (Å²) in [5, 5.41) is 4.01. The minimum absolute atomic E-state index is 0.280. The number of carbonyl (C=O) groups excluding carboxylic acids is 1. The molecule has 0 saturated carbocycles. The van der Waals surface area contributed by atoms with Crippen molar-refractivity contribution in [2.75, 3.05) is 7.11 Å². The van der Waals surface area contributed by atoms with E-state index in [1.54, 1.807) is 0 Å². The quantitative estimate of drug-likeness (QED) is 0.737. The third kappa shape index (κ3) is 1.62. The molecule has 0 bridgehead atoms. The first-order valence-corrected chi connectivity index (χ1v) is 4.47. The van der Waals surface area contributed by atoms with Gasteiger partial charge in [-0.05, 0) is 18.2 Å². The van der Waals surface area contributed by atoms with Crippen LogP contribution in [0, 0.1) is 0 Å². The molecule has 0 spiro atoms. The van der Waals surface area contributed by atoms with Crippen molar-refractivity contribution in [1.82, 2.24) is 9.78 Å². The number of alkyl halides is 2. The van der Waals surface area contributed by atoms with E-state index in [2.05, 4.69) is 9.84 Å². The maximum absolute atomic E-state index is 12.5. The number of carbonyl (C=O) groups is 1. The molecule has 1 heterocycles. The molecule has 2 aromatic rings. The number of halogens is 2. The second-order valence-corrected chi connectivity index (χ2v) is 3.13. The zero-order chi connectivity index (χ0) is 11.7. The zero-order valence-corrected chi connectivity index (χ0v) is 8.35. The molecule has 0 aliphatic rings. The van der Waals surface area contributed by atoms with Crippen LogP contribution < -0.4 is 0 Å². The van der Waals surface area contributed by atoms with Crippen molar-refractivity contribution < 1.29 is 18.3 Å². The standard InChI is InChI=1S/C10H8F2N2O2/c1-16-9(15)6-2-3-8-7(4-6)5-13-14(8)10(11)12/h2-5,10H,1H3. The average molecular weight is 226 g/mol. The van der Waals surface area contributed by atoms with Crippen molar-refractivity contribution in [3.8, 4) is 0 Å². The van der Waals surface area contributed by atoms with Crippen LogP contribution in [0.15, 0.2) is 24.4 Å². The van der Waals surface area contributed by atoms with E-state index in [-0.39, 0.29) is 5.52 Å². The summed E-state index contributed by atoms with van der Waals surface area (Å²) in [7, 11) is 1.26. The molecule has 0 saturated heterocycles. The summed E-state index contributed by atoms with van der Waals surface area (Å²) < 4.78 is 30.0. The van der Waals surface area contributed by atoms with E-state index in [9.17, 15) is 13.6 Å². The summed E-state index contributed by atoms with van der Waals surface area (Å²) in [6, 6.07) is 4.31. The molecule has 0 radical (unpaired) electrons. The van der Waals surface area contributed by atoms with Crippen molar-refractivity contribution in [1.29, 1.82) is 0 Å². The maximum atomic E-state index is 12.5. The van der Waals surface area contributed by atoms with E-state index in [1.807, 2.05) is 0 Å². The van der Waals surface area contributed by atoms with E-state index in [0.29, 0.717) is 15.6 Å². The number of benzene rings is 1. The molecule has 0 amide bonds. The molecule has 1 aromatic carbocycles. The third-order valence-corrected chi connectivity index (χ3v) is 2.20. The SMILES string of the molecule is COC(=O)c1ccc2c(cnn2C(F)F)c1. The number of esters is 1. The molecular weight excluding hydrogens is 218 g/mol. The van der Waals surface area contributed by atoms with Crippen molar-refractivity contribution in [2.45, 2.75) is 6.55 Å². The van der Waals surface area contributed by atoms with Gasteiger partial charge in [-0.2, -0.15) is 13.9 Å². The first-order valence-electron chi connectivity index (χ1n) is 4.47. The highest BCUT2D eigenvalue weighted by Gasteiger charge is 2.13. The lowest BCUT2D eigenvalue weighted by Crippen LogP contribution is -2.02. The predicted octanol–water partition coefficient (Wildman–Crippen LogP) is 2.22. The molecule has 1 aromatic heterocycles. The Morgan fingerprint density at radius 2 is 2.25 bits per heavy atom.